The summed E-state index contributed by atoms with van der Waals surface area (Å²) in [7, 11) is 1.50. The Labute approximate surface area is 148 Å². The van der Waals surface area contributed by atoms with Crippen LogP contribution in [0, 0.1) is 5.82 Å². The van der Waals surface area contributed by atoms with Crippen molar-refractivity contribution in [3.8, 4) is 17.4 Å². The van der Waals surface area contributed by atoms with Crippen LogP contribution in [0.1, 0.15) is 0 Å². The number of rotatable bonds is 5. The maximum absolute atomic E-state index is 13.8. The highest BCUT2D eigenvalue weighted by atomic mass is 19.1. The molecule has 3 aromatic rings. The third-order valence-corrected chi connectivity index (χ3v) is 3.20. The van der Waals surface area contributed by atoms with Crippen LogP contribution < -0.4 is 20.1 Å². The number of methoxy groups -OCH3 is 1. The molecule has 0 radical (unpaired) electrons. The zero-order valence-corrected chi connectivity index (χ0v) is 13.8. The lowest BCUT2D eigenvalue weighted by Gasteiger charge is -2.10. The van der Waals surface area contributed by atoms with Gasteiger partial charge in [0, 0.05) is 30.1 Å². The quantitative estimate of drug-likeness (QED) is 0.722. The number of hydrogen-bond acceptors (Lipinski definition) is 5. The fourth-order valence-corrected chi connectivity index (χ4v) is 2.11. The van der Waals surface area contributed by atoms with E-state index in [1.165, 1.54) is 37.7 Å². The van der Waals surface area contributed by atoms with Gasteiger partial charge in [0.05, 0.1) is 25.2 Å². The molecule has 0 atom stereocenters. The van der Waals surface area contributed by atoms with Gasteiger partial charge in [-0.05, 0) is 24.3 Å². The van der Waals surface area contributed by atoms with Crippen molar-refractivity contribution < 1.29 is 18.7 Å². The van der Waals surface area contributed by atoms with E-state index in [1.54, 1.807) is 30.5 Å². The Hall–Kier alpha value is -3.68. The highest BCUT2D eigenvalue weighted by molar-refractivity contribution is 5.99. The third-order valence-electron chi connectivity index (χ3n) is 3.20. The predicted octanol–water partition coefficient (Wildman–Crippen LogP) is 4.06. The van der Waals surface area contributed by atoms with E-state index >= 15 is 0 Å². The van der Waals surface area contributed by atoms with Crippen molar-refractivity contribution in [1.29, 1.82) is 0 Å². The van der Waals surface area contributed by atoms with Gasteiger partial charge in [-0.1, -0.05) is 0 Å². The summed E-state index contributed by atoms with van der Waals surface area (Å²) in [5.74, 6) is 0.573. The van der Waals surface area contributed by atoms with Crippen molar-refractivity contribution in [2.45, 2.75) is 0 Å². The van der Waals surface area contributed by atoms with E-state index in [0.29, 0.717) is 17.3 Å². The molecule has 0 aliphatic carbocycles. The summed E-state index contributed by atoms with van der Waals surface area (Å²) >= 11 is 0. The Morgan fingerprint density at radius 1 is 1.04 bits per heavy atom. The number of halogens is 1. The van der Waals surface area contributed by atoms with E-state index in [1.807, 2.05) is 0 Å². The SMILES string of the molecule is COc1ccc(NC(=O)Nc2cc(F)cc(Oc3cccnc3)c2)cn1. The van der Waals surface area contributed by atoms with E-state index in [0.717, 1.165) is 0 Å². The normalized spacial score (nSPS) is 10.1. The zero-order chi connectivity index (χ0) is 18.4. The number of hydrogen-bond donors (Lipinski definition) is 2. The second-order valence-electron chi connectivity index (χ2n) is 5.13. The zero-order valence-electron chi connectivity index (χ0n) is 13.8. The van der Waals surface area contributed by atoms with Gasteiger partial charge in [-0.25, -0.2) is 14.2 Å². The van der Waals surface area contributed by atoms with Gasteiger partial charge >= 0.3 is 6.03 Å². The number of nitrogens with one attached hydrogen (secondary N) is 2. The summed E-state index contributed by atoms with van der Waals surface area (Å²) in [6, 6.07) is 9.98. The van der Waals surface area contributed by atoms with Crippen LogP contribution in [0.15, 0.2) is 61.1 Å². The van der Waals surface area contributed by atoms with Gasteiger partial charge in [0.25, 0.3) is 0 Å². The number of ether oxygens (including phenoxy) is 2. The average molecular weight is 354 g/mol. The van der Waals surface area contributed by atoms with E-state index < -0.39 is 11.8 Å². The van der Waals surface area contributed by atoms with Crippen molar-refractivity contribution >= 4 is 17.4 Å². The van der Waals surface area contributed by atoms with Crippen LogP contribution in [-0.2, 0) is 0 Å². The van der Waals surface area contributed by atoms with Gasteiger partial charge in [-0.2, -0.15) is 0 Å². The number of aromatic nitrogens is 2. The molecule has 0 aliphatic rings. The summed E-state index contributed by atoms with van der Waals surface area (Å²) in [5, 5.41) is 5.13. The largest absolute Gasteiger partial charge is 0.481 e. The van der Waals surface area contributed by atoms with E-state index in [9.17, 15) is 9.18 Å². The Morgan fingerprint density at radius 3 is 2.58 bits per heavy atom. The third kappa shape index (κ3) is 4.67. The monoisotopic (exact) mass is 354 g/mol. The van der Waals surface area contributed by atoms with Crippen molar-refractivity contribution in [2.24, 2.45) is 0 Å². The van der Waals surface area contributed by atoms with Gasteiger partial charge in [-0.15, -0.1) is 0 Å². The first-order valence-electron chi connectivity index (χ1n) is 7.59. The van der Waals surface area contributed by atoms with Crippen molar-refractivity contribution in [2.75, 3.05) is 17.7 Å². The second-order valence-corrected chi connectivity index (χ2v) is 5.13. The highest BCUT2D eigenvalue weighted by Crippen LogP contribution is 2.25. The van der Waals surface area contributed by atoms with Crippen LogP contribution in [0.4, 0.5) is 20.6 Å². The maximum atomic E-state index is 13.8. The number of urea groups is 1. The number of carbonyl (C=O) groups excluding carboxylic acids is 1. The summed E-state index contributed by atoms with van der Waals surface area (Å²) in [4.78, 5) is 20.0. The molecule has 2 heterocycles. The summed E-state index contributed by atoms with van der Waals surface area (Å²) in [6.07, 6.45) is 4.55. The van der Waals surface area contributed by atoms with Crippen LogP contribution in [-0.4, -0.2) is 23.1 Å². The Bertz CT molecular complexity index is 889. The first-order chi connectivity index (χ1) is 12.6. The van der Waals surface area contributed by atoms with Gasteiger partial charge in [0.15, 0.2) is 0 Å². The van der Waals surface area contributed by atoms with Gasteiger partial charge in [0.2, 0.25) is 5.88 Å². The number of pyridine rings is 2. The number of carbonyl (C=O) groups is 1. The number of amides is 2. The molecule has 0 spiro atoms. The fourth-order valence-electron chi connectivity index (χ4n) is 2.11. The first kappa shape index (κ1) is 17.2. The lowest BCUT2D eigenvalue weighted by Crippen LogP contribution is -2.19. The maximum Gasteiger partial charge on any atom is 0.323 e. The van der Waals surface area contributed by atoms with Crippen LogP contribution >= 0.6 is 0 Å². The molecule has 0 aliphatic heterocycles. The van der Waals surface area contributed by atoms with Crippen LogP contribution in [0.3, 0.4) is 0 Å². The average Bonchev–Trinajstić information content (AvgIpc) is 2.62. The topological polar surface area (TPSA) is 85.4 Å². The van der Waals surface area contributed by atoms with Crippen LogP contribution in [0.5, 0.6) is 17.4 Å². The molecule has 132 valence electrons. The molecule has 3 rings (SSSR count). The first-order valence-corrected chi connectivity index (χ1v) is 7.59. The van der Waals surface area contributed by atoms with Gasteiger partial charge in [0.1, 0.15) is 17.3 Å². The molecular weight excluding hydrogens is 339 g/mol. The standard InChI is InChI=1S/C18H15FN4O3/c1-25-17-5-4-13(10-21-17)22-18(24)23-14-7-12(19)8-16(9-14)26-15-3-2-6-20-11-15/h2-11H,1H3,(H2,22,23,24). The summed E-state index contributed by atoms with van der Waals surface area (Å²) in [6.45, 7) is 0. The van der Waals surface area contributed by atoms with Gasteiger partial charge in [-0.3, -0.25) is 4.98 Å². The molecule has 8 heteroatoms. The molecule has 2 N–H and O–H groups in total. The minimum absolute atomic E-state index is 0.236. The smallest absolute Gasteiger partial charge is 0.323 e. The highest BCUT2D eigenvalue weighted by Gasteiger charge is 2.08. The molecule has 1 aromatic carbocycles. The van der Waals surface area contributed by atoms with Gasteiger partial charge < -0.3 is 20.1 Å². The summed E-state index contributed by atoms with van der Waals surface area (Å²) in [5.41, 5.74) is 0.703. The molecule has 26 heavy (non-hydrogen) atoms. The fraction of sp³-hybridized carbons (Fsp3) is 0.0556. The van der Waals surface area contributed by atoms with Crippen molar-refractivity contribution in [3.63, 3.8) is 0 Å². The minimum atomic E-state index is -0.548. The predicted molar refractivity (Wildman–Crippen MR) is 94.1 cm³/mol. The lowest BCUT2D eigenvalue weighted by molar-refractivity contribution is 0.262. The Balaban J connectivity index is 1.67. The van der Waals surface area contributed by atoms with E-state index in [4.69, 9.17) is 9.47 Å². The molecule has 0 unspecified atom stereocenters. The van der Waals surface area contributed by atoms with Crippen molar-refractivity contribution in [3.05, 3.63) is 66.9 Å². The lowest BCUT2D eigenvalue weighted by atomic mass is 10.3. The molecule has 0 bridgehead atoms. The second kappa shape index (κ2) is 7.93. The Morgan fingerprint density at radius 2 is 1.88 bits per heavy atom. The number of nitrogens with zero attached hydrogens (tertiary/aromatic N) is 2. The molecule has 7 nitrogen and oxygen atoms in total. The molecule has 2 aromatic heterocycles. The molecule has 0 saturated carbocycles. The number of benzene rings is 1. The Kier molecular flexibility index (Phi) is 5.23. The van der Waals surface area contributed by atoms with Crippen LogP contribution in [0.2, 0.25) is 0 Å². The van der Waals surface area contributed by atoms with Crippen molar-refractivity contribution in [1.82, 2.24) is 9.97 Å². The molecule has 0 saturated heterocycles. The minimum Gasteiger partial charge on any atom is -0.481 e. The molecular formula is C18H15FN4O3. The molecule has 2 amide bonds. The molecule has 0 fully saturated rings. The van der Waals surface area contributed by atoms with Crippen LogP contribution in [0.25, 0.3) is 0 Å². The summed E-state index contributed by atoms with van der Waals surface area (Å²) < 4.78 is 24.3. The number of anilines is 2. The van der Waals surface area contributed by atoms with E-state index in [-0.39, 0.29) is 11.4 Å². The van der Waals surface area contributed by atoms with E-state index in [2.05, 4.69) is 20.6 Å².